The highest BCUT2D eigenvalue weighted by Crippen LogP contribution is 2.10. The molecule has 16 heavy (non-hydrogen) atoms. The molecule has 0 aromatic carbocycles. The highest BCUT2D eigenvalue weighted by molar-refractivity contribution is 5.15. The molecule has 0 bridgehead atoms. The smallest absolute Gasteiger partial charge is 0.217 e. The molecule has 0 spiro atoms. The molecule has 0 aliphatic heterocycles. The van der Waals surface area contributed by atoms with Crippen LogP contribution < -0.4 is 4.74 Å². The second-order valence-electron chi connectivity index (χ2n) is 3.50. The Morgan fingerprint density at radius 2 is 2.06 bits per heavy atom. The Balaban J connectivity index is 2.05. The number of hydrogen-bond acceptors (Lipinski definition) is 4. The molecule has 2 aromatic heterocycles. The highest BCUT2D eigenvalue weighted by Gasteiger charge is 2.00. The van der Waals surface area contributed by atoms with Gasteiger partial charge in [0, 0.05) is 18.0 Å². The summed E-state index contributed by atoms with van der Waals surface area (Å²) in [5.74, 6) is 1.31. The van der Waals surface area contributed by atoms with Gasteiger partial charge in [-0.2, -0.15) is 4.98 Å². The van der Waals surface area contributed by atoms with Crippen molar-refractivity contribution in [2.45, 2.75) is 20.5 Å². The summed E-state index contributed by atoms with van der Waals surface area (Å²) in [6.45, 7) is 4.19. The van der Waals surface area contributed by atoms with E-state index in [9.17, 15) is 0 Å². The molecule has 0 saturated heterocycles. The fourth-order valence-corrected chi connectivity index (χ4v) is 1.39. The number of nitrogens with zero attached hydrogens (tertiary/aromatic N) is 3. The SMILES string of the molecule is Cc1cc(OCc2ccccn2)nc(C)n1. The van der Waals surface area contributed by atoms with E-state index in [1.165, 1.54) is 0 Å². The van der Waals surface area contributed by atoms with Crippen molar-refractivity contribution in [2.24, 2.45) is 0 Å². The third kappa shape index (κ3) is 2.76. The average Bonchev–Trinajstić information content (AvgIpc) is 2.27. The third-order valence-corrected chi connectivity index (χ3v) is 2.04. The van der Waals surface area contributed by atoms with E-state index in [-0.39, 0.29) is 0 Å². The molecule has 0 unspecified atom stereocenters. The van der Waals surface area contributed by atoms with E-state index in [0.717, 1.165) is 17.2 Å². The predicted molar refractivity (Wildman–Crippen MR) is 60.1 cm³/mol. The number of ether oxygens (including phenoxy) is 1. The molecule has 4 heteroatoms. The first kappa shape index (κ1) is 10.5. The molecule has 82 valence electrons. The molecule has 0 saturated carbocycles. The van der Waals surface area contributed by atoms with Gasteiger partial charge in [-0.3, -0.25) is 4.98 Å². The average molecular weight is 215 g/mol. The Hall–Kier alpha value is -1.97. The molecular weight excluding hydrogens is 202 g/mol. The Morgan fingerprint density at radius 1 is 1.19 bits per heavy atom. The number of aryl methyl sites for hydroxylation is 2. The van der Waals surface area contributed by atoms with Crippen molar-refractivity contribution >= 4 is 0 Å². The van der Waals surface area contributed by atoms with Crippen LogP contribution in [0.2, 0.25) is 0 Å². The second kappa shape index (κ2) is 4.70. The van der Waals surface area contributed by atoms with Gasteiger partial charge in [-0.1, -0.05) is 6.07 Å². The van der Waals surface area contributed by atoms with E-state index in [1.54, 1.807) is 6.20 Å². The van der Waals surface area contributed by atoms with Gasteiger partial charge < -0.3 is 4.74 Å². The Morgan fingerprint density at radius 3 is 2.75 bits per heavy atom. The zero-order chi connectivity index (χ0) is 11.4. The maximum Gasteiger partial charge on any atom is 0.217 e. The molecule has 0 aliphatic rings. The second-order valence-corrected chi connectivity index (χ2v) is 3.50. The Bertz CT molecular complexity index is 451. The van der Waals surface area contributed by atoms with Crippen molar-refractivity contribution < 1.29 is 4.74 Å². The minimum atomic E-state index is 0.427. The molecule has 0 radical (unpaired) electrons. The zero-order valence-corrected chi connectivity index (χ0v) is 9.34. The monoisotopic (exact) mass is 215 g/mol. The number of hydrogen-bond donors (Lipinski definition) is 0. The quantitative estimate of drug-likeness (QED) is 0.786. The van der Waals surface area contributed by atoms with Crippen LogP contribution in [0.15, 0.2) is 30.5 Å². The lowest BCUT2D eigenvalue weighted by molar-refractivity contribution is 0.287. The van der Waals surface area contributed by atoms with E-state index < -0.39 is 0 Å². The van der Waals surface area contributed by atoms with E-state index in [1.807, 2.05) is 38.1 Å². The Kier molecular flexibility index (Phi) is 3.10. The molecule has 0 atom stereocenters. The van der Waals surface area contributed by atoms with Crippen molar-refractivity contribution in [1.29, 1.82) is 0 Å². The zero-order valence-electron chi connectivity index (χ0n) is 9.34. The predicted octanol–water partition coefficient (Wildman–Crippen LogP) is 2.07. The lowest BCUT2D eigenvalue weighted by Gasteiger charge is -2.05. The van der Waals surface area contributed by atoms with Crippen molar-refractivity contribution in [3.8, 4) is 5.88 Å². The molecule has 0 amide bonds. The fourth-order valence-electron chi connectivity index (χ4n) is 1.39. The van der Waals surface area contributed by atoms with Crippen LogP contribution in [0.4, 0.5) is 0 Å². The topological polar surface area (TPSA) is 47.9 Å². The molecular formula is C12H13N3O. The molecule has 0 N–H and O–H groups in total. The van der Waals surface area contributed by atoms with E-state index in [4.69, 9.17) is 4.74 Å². The molecule has 2 heterocycles. The van der Waals surface area contributed by atoms with Gasteiger partial charge >= 0.3 is 0 Å². The first-order valence-corrected chi connectivity index (χ1v) is 5.09. The van der Waals surface area contributed by atoms with Gasteiger partial charge in [0.15, 0.2) is 0 Å². The molecule has 0 fully saturated rings. The lowest BCUT2D eigenvalue weighted by Crippen LogP contribution is -2.01. The molecule has 4 nitrogen and oxygen atoms in total. The van der Waals surface area contributed by atoms with Crippen LogP contribution >= 0.6 is 0 Å². The van der Waals surface area contributed by atoms with Crippen LogP contribution in [0.5, 0.6) is 5.88 Å². The summed E-state index contributed by atoms with van der Waals surface area (Å²) >= 11 is 0. The van der Waals surface area contributed by atoms with Gasteiger partial charge in [-0.25, -0.2) is 4.98 Å². The summed E-state index contributed by atoms with van der Waals surface area (Å²) in [5, 5.41) is 0. The largest absolute Gasteiger partial charge is 0.471 e. The summed E-state index contributed by atoms with van der Waals surface area (Å²) in [4.78, 5) is 12.5. The lowest BCUT2D eigenvalue weighted by atomic mass is 10.4. The van der Waals surface area contributed by atoms with Gasteiger partial charge in [-0.15, -0.1) is 0 Å². The Labute approximate surface area is 94.4 Å². The minimum absolute atomic E-state index is 0.427. The van der Waals surface area contributed by atoms with Gasteiger partial charge in [0.25, 0.3) is 0 Å². The van der Waals surface area contributed by atoms with Gasteiger partial charge in [0.2, 0.25) is 5.88 Å². The summed E-state index contributed by atoms with van der Waals surface area (Å²) in [5.41, 5.74) is 1.79. The molecule has 2 aromatic rings. The van der Waals surface area contributed by atoms with E-state index in [0.29, 0.717) is 12.5 Å². The maximum absolute atomic E-state index is 5.54. The van der Waals surface area contributed by atoms with Crippen molar-refractivity contribution in [3.05, 3.63) is 47.7 Å². The number of pyridine rings is 1. The van der Waals surface area contributed by atoms with Crippen LogP contribution in [-0.4, -0.2) is 15.0 Å². The van der Waals surface area contributed by atoms with Crippen LogP contribution in [0.3, 0.4) is 0 Å². The first-order chi connectivity index (χ1) is 7.74. The van der Waals surface area contributed by atoms with Crippen LogP contribution in [0.25, 0.3) is 0 Å². The molecule has 0 aliphatic carbocycles. The number of rotatable bonds is 3. The van der Waals surface area contributed by atoms with E-state index >= 15 is 0 Å². The fraction of sp³-hybridized carbons (Fsp3) is 0.250. The third-order valence-electron chi connectivity index (χ3n) is 2.04. The van der Waals surface area contributed by atoms with Crippen LogP contribution in [-0.2, 0) is 6.61 Å². The van der Waals surface area contributed by atoms with Crippen molar-refractivity contribution in [1.82, 2.24) is 15.0 Å². The first-order valence-electron chi connectivity index (χ1n) is 5.09. The molecule has 2 rings (SSSR count). The van der Waals surface area contributed by atoms with Gasteiger partial charge in [0.05, 0.1) is 5.69 Å². The maximum atomic E-state index is 5.54. The summed E-state index contributed by atoms with van der Waals surface area (Å²) in [6, 6.07) is 7.54. The van der Waals surface area contributed by atoms with Crippen LogP contribution in [0, 0.1) is 13.8 Å². The summed E-state index contributed by atoms with van der Waals surface area (Å²) in [6.07, 6.45) is 1.75. The van der Waals surface area contributed by atoms with Crippen molar-refractivity contribution in [3.63, 3.8) is 0 Å². The van der Waals surface area contributed by atoms with Crippen LogP contribution in [0.1, 0.15) is 17.2 Å². The standard InChI is InChI=1S/C12H13N3O/c1-9-7-12(15-10(2)14-9)16-8-11-5-3-4-6-13-11/h3-7H,8H2,1-2H3. The highest BCUT2D eigenvalue weighted by atomic mass is 16.5. The van der Waals surface area contributed by atoms with Crippen molar-refractivity contribution in [2.75, 3.05) is 0 Å². The van der Waals surface area contributed by atoms with E-state index in [2.05, 4.69) is 15.0 Å². The van der Waals surface area contributed by atoms with Gasteiger partial charge in [-0.05, 0) is 26.0 Å². The normalized spacial score (nSPS) is 10.1. The number of aromatic nitrogens is 3. The summed E-state index contributed by atoms with van der Waals surface area (Å²) in [7, 11) is 0. The summed E-state index contributed by atoms with van der Waals surface area (Å²) < 4.78 is 5.54. The van der Waals surface area contributed by atoms with Gasteiger partial charge in [0.1, 0.15) is 12.4 Å². The minimum Gasteiger partial charge on any atom is -0.471 e.